The quantitative estimate of drug-likeness (QED) is 0.486. The van der Waals surface area contributed by atoms with E-state index < -0.39 is 77.1 Å². The van der Waals surface area contributed by atoms with Gasteiger partial charge in [-0.15, -0.1) is 0 Å². The van der Waals surface area contributed by atoms with Gasteiger partial charge in [0.05, 0.1) is 12.0 Å². The number of hydrogen-bond acceptors (Lipinski definition) is 8. The molecule has 6 aliphatic carbocycles. The fourth-order valence-corrected chi connectivity index (χ4v) is 9.95. The molecule has 0 heterocycles. The normalized spacial score (nSPS) is 49.3. The first kappa shape index (κ1) is 28.3. The Balaban J connectivity index is 1.39. The largest absolute Gasteiger partial charge is 0.508 e. The molecule has 10 heteroatoms. The summed E-state index contributed by atoms with van der Waals surface area (Å²) >= 11 is 0. The Kier molecular flexibility index (Phi) is 6.64. The van der Waals surface area contributed by atoms with E-state index in [0.717, 1.165) is 25.3 Å². The van der Waals surface area contributed by atoms with Gasteiger partial charge in [-0.3, -0.25) is 9.59 Å². The van der Waals surface area contributed by atoms with Crippen LogP contribution in [0.5, 0.6) is 0 Å². The van der Waals surface area contributed by atoms with Crippen LogP contribution >= 0.6 is 0 Å². The summed E-state index contributed by atoms with van der Waals surface area (Å²) in [6, 6.07) is 1.78. The summed E-state index contributed by atoms with van der Waals surface area (Å²) < 4.78 is 51.1. The third-order valence-corrected chi connectivity index (χ3v) is 11.7. The molecule has 2 bridgehead atoms. The number of alkyl halides is 2. The van der Waals surface area contributed by atoms with Gasteiger partial charge in [-0.2, -0.15) is 5.26 Å². The average molecular weight is 574 g/mol. The van der Waals surface area contributed by atoms with Gasteiger partial charge in [0, 0.05) is 11.3 Å². The molecule has 6 rings (SSSR count). The number of nitriles is 1. The van der Waals surface area contributed by atoms with Crippen molar-refractivity contribution in [2.24, 2.45) is 46.3 Å². The van der Waals surface area contributed by atoms with Crippen LogP contribution in [0.2, 0.25) is 0 Å². The average Bonchev–Trinajstić information content (AvgIpc) is 3.60. The molecule has 8 nitrogen and oxygen atoms in total. The third-order valence-electron chi connectivity index (χ3n) is 11.7. The molecule has 0 aromatic heterocycles. The minimum atomic E-state index is -2.52. The topological polar surface area (TPSA) is 123 Å². The summed E-state index contributed by atoms with van der Waals surface area (Å²) in [5, 5.41) is 20.6. The van der Waals surface area contributed by atoms with Gasteiger partial charge in [-0.1, -0.05) is 19.9 Å². The SMILES string of the molecule is C[C@@H]1C[C@H]2[C@@H]3C(OC(=O)OC4CC5CCC4C5)[C@H](F)C4=CC(=O)C=C[C@]4(C)[C@@]3(F)[C@@H](O)C[C@]2(C)[C@@H]1C(=O)OCC#N. The van der Waals surface area contributed by atoms with Crippen molar-refractivity contribution in [3.8, 4) is 6.07 Å². The highest BCUT2D eigenvalue weighted by Crippen LogP contribution is 2.70. The minimum Gasteiger partial charge on any atom is -0.450 e. The van der Waals surface area contributed by atoms with Crippen LogP contribution in [0.4, 0.5) is 13.6 Å². The van der Waals surface area contributed by atoms with Crippen molar-refractivity contribution in [1.82, 2.24) is 0 Å². The molecular formula is C31H37F2NO7. The molecule has 0 saturated heterocycles. The zero-order chi connectivity index (χ0) is 29.5. The number of allylic oxidation sites excluding steroid dienone is 3. The lowest BCUT2D eigenvalue weighted by atomic mass is 9.44. The van der Waals surface area contributed by atoms with Crippen molar-refractivity contribution in [3.63, 3.8) is 0 Å². The second-order valence-electron chi connectivity index (χ2n) is 13.7. The van der Waals surface area contributed by atoms with Crippen molar-refractivity contribution in [3.05, 3.63) is 23.8 Å². The lowest BCUT2D eigenvalue weighted by Crippen LogP contribution is -2.72. The van der Waals surface area contributed by atoms with Crippen molar-refractivity contribution < 1.29 is 42.5 Å². The van der Waals surface area contributed by atoms with Crippen LogP contribution in [0.25, 0.3) is 0 Å². The Labute approximate surface area is 238 Å². The lowest BCUT2D eigenvalue weighted by Gasteiger charge is -2.63. The Hall–Kier alpha value is -2.80. The molecule has 6 aliphatic rings. The second kappa shape index (κ2) is 9.62. The van der Waals surface area contributed by atoms with Crippen LogP contribution in [0, 0.1) is 57.7 Å². The van der Waals surface area contributed by atoms with Gasteiger partial charge in [0.15, 0.2) is 24.2 Å². The number of rotatable bonds is 4. The summed E-state index contributed by atoms with van der Waals surface area (Å²) in [5.74, 6) is -3.59. The summed E-state index contributed by atoms with van der Waals surface area (Å²) in [6.45, 7) is 4.59. The molecule has 5 fully saturated rings. The predicted molar refractivity (Wildman–Crippen MR) is 139 cm³/mol. The molecule has 0 aromatic rings. The zero-order valence-electron chi connectivity index (χ0n) is 23.6. The first-order chi connectivity index (χ1) is 19.3. The summed E-state index contributed by atoms with van der Waals surface area (Å²) in [4.78, 5) is 38.7. The minimum absolute atomic E-state index is 0.134. The predicted octanol–water partition coefficient (Wildman–Crippen LogP) is 4.55. The van der Waals surface area contributed by atoms with Gasteiger partial charge in [-0.05, 0) is 92.3 Å². The number of esters is 1. The molecule has 0 aliphatic heterocycles. The van der Waals surface area contributed by atoms with E-state index in [4.69, 9.17) is 19.5 Å². The lowest BCUT2D eigenvalue weighted by molar-refractivity contribution is -0.236. The fourth-order valence-electron chi connectivity index (χ4n) is 9.95. The first-order valence-electron chi connectivity index (χ1n) is 14.7. The Morgan fingerprint density at radius 2 is 1.95 bits per heavy atom. The molecule has 13 atom stereocenters. The first-order valence-corrected chi connectivity index (χ1v) is 14.7. The van der Waals surface area contributed by atoms with Crippen molar-refractivity contribution in [2.45, 2.75) is 89.4 Å². The molecule has 0 aromatic carbocycles. The number of ketones is 1. The van der Waals surface area contributed by atoms with Crippen LogP contribution in [-0.2, 0) is 23.8 Å². The van der Waals surface area contributed by atoms with E-state index in [0.29, 0.717) is 12.3 Å². The Morgan fingerprint density at radius 1 is 1.20 bits per heavy atom. The molecule has 0 radical (unpaired) electrons. The van der Waals surface area contributed by atoms with Crippen LogP contribution in [-0.4, -0.2) is 59.8 Å². The number of aliphatic hydroxyl groups is 1. The van der Waals surface area contributed by atoms with E-state index in [1.807, 2.05) is 6.92 Å². The third kappa shape index (κ3) is 3.94. The van der Waals surface area contributed by atoms with E-state index >= 15 is 8.78 Å². The molecule has 4 unspecified atom stereocenters. The summed E-state index contributed by atoms with van der Waals surface area (Å²) in [7, 11) is 0. The molecule has 0 amide bonds. The zero-order valence-corrected chi connectivity index (χ0v) is 23.6. The van der Waals surface area contributed by atoms with Gasteiger partial charge < -0.3 is 19.3 Å². The van der Waals surface area contributed by atoms with E-state index in [2.05, 4.69) is 0 Å². The van der Waals surface area contributed by atoms with Crippen LogP contribution < -0.4 is 0 Å². The van der Waals surface area contributed by atoms with Crippen LogP contribution in [0.1, 0.15) is 59.3 Å². The van der Waals surface area contributed by atoms with Gasteiger partial charge in [0.25, 0.3) is 0 Å². The number of nitrogens with zero attached hydrogens (tertiary/aromatic N) is 1. The van der Waals surface area contributed by atoms with Gasteiger partial charge in [-0.25, -0.2) is 13.6 Å². The van der Waals surface area contributed by atoms with E-state index in [1.165, 1.54) is 19.1 Å². The van der Waals surface area contributed by atoms with E-state index in [9.17, 15) is 19.5 Å². The smallest absolute Gasteiger partial charge is 0.450 e. The molecule has 41 heavy (non-hydrogen) atoms. The monoisotopic (exact) mass is 573 g/mol. The van der Waals surface area contributed by atoms with Crippen molar-refractivity contribution in [1.29, 1.82) is 5.26 Å². The number of carbonyl (C=O) groups excluding carboxylic acids is 3. The summed E-state index contributed by atoms with van der Waals surface area (Å²) in [5.41, 5.74) is -5.43. The summed E-state index contributed by atoms with van der Waals surface area (Å²) in [6.07, 6.45) is 0.575. The number of ether oxygens (including phenoxy) is 3. The van der Waals surface area contributed by atoms with Gasteiger partial charge in [0.1, 0.15) is 18.3 Å². The number of hydrogen-bond donors (Lipinski definition) is 1. The number of aliphatic hydroxyl groups excluding tert-OH is 1. The molecule has 5 saturated carbocycles. The second-order valence-corrected chi connectivity index (χ2v) is 13.7. The van der Waals surface area contributed by atoms with E-state index in [1.54, 1.807) is 13.0 Å². The van der Waals surface area contributed by atoms with Crippen LogP contribution in [0.15, 0.2) is 23.8 Å². The number of fused-ring (bicyclic) bond motifs is 7. The van der Waals surface area contributed by atoms with Crippen molar-refractivity contribution in [2.75, 3.05) is 6.61 Å². The molecule has 222 valence electrons. The molecule has 0 spiro atoms. The molecule has 1 N–H and O–H groups in total. The van der Waals surface area contributed by atoms with Gasteiger partial charge >= 0.3 is 12.1 Å². The van der Waals surface area contributed by atoms with Gasteiger partial charge in [0.2, 0.25) is 0 Å². The number of halogens is 2. The Morgan fingerprint density at radius 3 is 2.61 bits per heavy atom. The standard InChI is InChI=1S/C31H37F2NO7/c1-15-10-19-24-26(41-28(38)40-21-12-16-4-5-17(21)11-16)25(32)20-13-18(35)6-7-30(20,3)31(24,33)22(36)14-29(19,2)23(15)27(37)39-9-8-34/h6-7,13,15-17,19,21-26,36H,4-5,9-12,14H2,1-3H3/t15-,16?,17?,19+,21?,22+,23+,24-,25-,26?,29+,30+,31-/m1/s1. The Bertz CT molecular complexity index is 1260. The van der Waals surface area contributed by atoms with E-state index in [-0.39, 0.29) is 36.4 Å². The maximum Gasteiger partial charge on any atom is 0.508 e. The number of carbonyl (C=O) groups is 3. The van der Waals surface area contributed by atoms with Crippen molar-refractivity contribution >= 4 is 17.9 Å². The molecular weight excluding hydrogens is 536 g/mol. The van der Waals surface area contributed by atoms with Crippen LogP contribution in [0.3, 0.4) is 0 Å². The maximum absolute atomic E-state index is 17.9. The highest BCUT2D eigenvalue weighted by Gasteiger charge is 2.76. The maximum atomic E-state index is 17.9. The fraction of sp³-hybridized carbons (Fsp3) is 0.742. The highest BCUT2D eigenvalue weighted by molar-refractivity contribution is 6.01. The highest BCUT2D eigenvalue weighted by atomic mass is 19.1.